The van der Waals surface area contributed by atoms with Crippen LogP contribution in [0.2, 0.25) is 0 Å². The summed E-state index contributed by atoms with van der Waals surface area (Å²) in [6.45, 7) is 3.54. The Balaban J connectivity index is 0.00000225. The maximum atomic E-state index is 6.07. The number of hydrogen-bond donors (Lipinski definition) is 1. The molecule has 1 saturated heterocycles. The normalized spacial score (nSPS) is 18.8. The van der Waals surface area contributed by atoms with Gasteiger partial charge in [-0.15, -0.1) is 24.0 Å². The van der Waals surface area contributed by atoms with E-state index in [4.69, 9.17) is 19.9 Å². The average Bonchev–Trinajstić information content (AvgIpc) is 3.14. The van der Waals surface area contributed by atoms with Crippen LogP contribution in [0.5, 0.6) is 11.5 Å². The predicted octanol–water partition coefficient (Wildman–Crippen LogP) is 2.78. The van der Waals surface area contributed by atoms with Crippen LogP contribution in [0.25, 0.3) is 0 Å². The summed E-state index contributed by atoms with van der Waals surface area (Å²) in [6, 6.07) is 6.00. The van der Waals surface area contributed by atoms with Crippen molar-refractivity contribution in [2.45, 2.75) is 38.3 Å². The number of halogens is 1. The zero-order valence-corrected chi connectivity index (χ0v) is 17.1. The highest BCUT2D eigenvalue weighted by Gasteiger charge is 2.18. The molecule has 0 radical (unpaired) electrons. The molecule has 1 aliphatic carbocycles. The second-order valence-corrected chi connectivity index (χ2v) is 6.28. The molecule has 1 heterocycles. The number of morpholine rings is 1. The minimum atomic E-state index is 0. The number of methoxy groups -OCH3 is 1. The van der Waals surface area contributed by atoms with Crippen molar-refractivity contribution in [3.63, 3.8) is 0 Å². The summed E-state index contributed by atoms with van der Waals surface area (Å²) in [6.07, 6.45) is 5.08. The first-order valence-electron chi connectivity index (χ1n) is 8.72. The van der Waals surface area contributed by atoms with Crippen LogP contribution in [0.1, 0.15) is 31.2 Å². The van der Waals surface area contributed by atoms with Gasteiger partial charge in [0.15, 0.2) is 17.5 Å². The third-order valence-corrected chi connectivity index (χ3v) is 4.58. The summed E-state index contributed by atoms with van der Waals surface area (Å²) < 4.78 is 16.9. The molecule has 25 heavy (non-hydrogen) atoms. The molecule has 140 valence electrons. The molecule has 0 atom stereocenters. The Morgan fingerprint density at radius 3 is 2.64 bits per heavy atom. The Bertz CT molecular complexity index is 571. The van der Waals surface area contributed by atoms with Gasteiger partial charge in [0, 0.05) is 13.1 Å². The highest BCUT2D eigenvalue weighted by molar-refractivity contribution is 14.0. The zero-order valence-electron chi connectivity index (χ0n) is 14.8. The monoisotopic (exact) mass is 461 g/mol. The first kappa shape index (κ1) is 20.1. The molecule has 1 aromatic rings. The smallest absolute Gasteiger partial charge is 0.191 e. The first-order chi connectivity index (χ1) is 11.8. The third-order valence-electron chi connectivity index (χ3n) is 4.58. The molecule has 2 aliphatic rings. The van der Waals surface area contributed by atoms with Gasteiger partial charge >= 0.3 is 0 Å². The van der Waals surface area contributed by atoms with E-state index < -0.39 is 0 Å². The lowest BCUT2D eigenvalue weighted by Gasteiger charge is -2.27. The molecule has 7 heteroatoms. The van der Waals surface area contributed by atoms with E-state index in [0.717, 1.165) is 43.0 Å². The number of hydrogen-bond acceptors (Lipinski definition) is 4. The van der Waals surface area contributed by atoms with Gasteiger partial charge in [0.05, 0.1) is 33.0 Å². The van der Waals surface area contributed by atoms with E-state index in [9.17, 15) is 0 Å². The second kappa shape index (κ2) is 10.1. The van der Waals surface area contributed by atoms with Crippen molar-refractivity contribution in [2.24, 2.45) is 10.7 Å². The predicted molar refractivity (Wildman–Crippen MR) is 109 cm³/mol. The van der Waals surface area contributed by atoms with E-state index in [1.165, 1.54) is 12.8 Å². The molecule has 6 nitrogen and oxygen atoms in total. The lowest BCUT2D eigenvalue weighted by molar-refractivity contribution is 0.0674. The largest absolute Gasteiger partial charge is 0.493 e. The fourth-order valence-corrected chi connectivity index (χ4v) is 3.16. The van der Waals surface area contributed by atoms with E-state index in [-0.39, 0.29) is 24.0 Å². The van der Waals surface area contributed by atoms with Gasteiger partial charge in [0.2, 0.25) is 0 Å². The molecular weight excluding hydrogens is 433 g/mol. The van der Waals surface area contributed by atoms with Crippen LogP contribution in [-0.2, 0) is 11.3 Å². The summed E-state index contributed by atoms with van der Waals surface area (Å²) in [5.41, 5.74) is 7.13. The van der Waals surface area contributed by atoms with E-state index in [2.05, 4.69) is 9.89 Å². The molecule has 1 aliphatic heterocycles. The van der Waals surface area contributed by atoms with Crippen LogP contribution < -0.4 is 15.2 Å². The summed E-state index contributed by atoms with van der Waals surface area (Å²) in [5, 5.41) is 0. The van der Waals surface area contributed by atoms with E-state index in [1.807, 2.05) is 18.2 Å². The van der Waals surface area contributed by atoms with Gasteiger partial charge in [-0.3, -0.25) is 0 Å². The average molecular weight is 461 g/mol. The van der Waals surface area contributed by atoms with Gasteiger partial charge in [0.1, 0.15) is 0 Å². The summed E-state index contributed by atoms with van der Waals surface area (Å²) in [7, 11) is 1.67. The molecule has 0 aromatic heterocycles. The number of guanidine groups is 1. The fourth-order valence-electron chi connectivity index (χ4n) is 3.16. The van der Waals surface area contributed by atoms with E-state index in [1.54, 1.807) is 7.11 Å². The fraction of sp³-hybridized carbons (Fsp3) is 0.611. The van der Waals surface area contributed by atoms with E-state index in [0.29, 0.717) is 31.8 Å². The molecule has 0 spiro atoms. The van der Waals surface area contributed by atoms with Crippen molar-refractivity contribution in [1.82, 2.24) is 4.90 Å². The maximum absolute atomic E-state index is 6.07. The number of rotatable bonds is 5. The van der Waals surface area contributed by atoms with Crippen LogP contribution >= 0.6 is 24.0 Å². The summed E-state index contributed by atoms with van der Waals surface area (Å²) in [5.74, 6) is 2.15. The Morgan fingerprint density at radius 1 is 1.24 bits per heavy atom. The first-order valence-corrected chi connectivity index (χ1v) is 8.72. The molecular formula is C18H28IN3O3. The second-order valence-electron chi connectivity index (χ2n) is 6.28. The van der Waals surface area contributed by atoms with Gasteiger partial charge in [-0.25, -0.2) is 4.99 Å². The number of ether oxygens (including phenoxy) is 3. The van der Waals surface area contributed by atoms with Crippen molar-refractivity contribution in [3.05, 3.63) is 23.8 Å². The molecule has 2 fully saturated rings. The molecule has 0 amide bonds. The van der Waals surface area contributed by atoms with Crippen LogP contribution in [0.4, 0.5) is 0 Å². The van der Waals surface area contributed by atoms with E-state index >= 15 is 0 Å². The molecule has 0 bridgehead atoms. The van der Waals surface area contributed by atoms with Crippen molar-refractivity contribution >= 4 is 29.9 Å². The van der Waals surface area contributed by atoms with Crippen molar-refractivity contribution in [1.29, 1.82) is 0 Å². The summed E-state index contributed by atoms with van der Waals surface area (Å²) >= 11 is 0. The Hall–Kier alpha value is -1.22. The van der Waals surface area contributed by atoms with Gasteiger partial charge < -0.3 is 24.8 Å². The van der Waals surface area contributed by atoms with Crippen LogP contribution in [0.15, 0.2) is 23.2 Å². The minimum absolute atomic E-state index is 0. The van der Waals surface area contributed by atoms with Crippen molar-refractivity contribution in [2.75, 3.05) is 33.4 Å². The molecule has 0 unspecified atom stereocenters. The zero-order chi connectivity index (χ0) is 16.8. The van der Waals surface area contributed by atoms with Crippen LogP contribution in [0, 0.1) is 0 Å². The topological polar surface area (TPSA) is 69.3 Å². The van der Waals surface area contributed by atoms with Gasteiger partial charge in [0.25, 0.3) is 0 Å². The van der Waals surface area contributed by atoms with Gasteiger partial charge in [-0.1, -0.05) is 6.07 Å². The Labute approximate surface area is 166 Å². The van der Waals surface area contributed by atoms with Gasteiger partial charge in [-0.2, -0.15) is 0 Å². The lowest BCUT2D eigenvalue weighted by Crippen LogP contribution is -2.44. The maximum Gasteiger partial charge on any atom is 0.191 e. The molecule has 2 N–H and O–H groups in total. The molecule has 1 saturated carbocycles. The Kier molecular flexibility index (Phi) is 8.08. The lowest BCUT2D eigenvalue weighted by atomic mass is 10.2. The number of nitrogens with two attached hydrogens (primary N) is 1. The van der Waals surface area contributed by atoms with Crippen LogP contribution in [-0.4, -0.2) is 50.4 Å². The number of aliphatic imine (C=N–C) groups is 1. The molecule has 1 aromatic carbocycles. The number of benzene rings is 1. The van der Waals surface area contributed by atoms with Gasteiger partial charge in [-0.05, 0) is 43.4 Å². The quantitative estimate of drug-likeness (QED) is 0.415. The SMILES string of the molecule is COc1cc(CN=C(N)N2CCOCC2)ccc1OC1CCCC1.I. The number of nitrogens with zero attached hydrogens (tertiary/aromatic N) is 2. The van der Waals surface area contributed by atoms with Crippen LogP contribution in [0.3, 0.4) is 0 Å². The highest BCUT2D eigenvalue weighted by Crippen LogP contribution is 2.32. The minimum Gasteiger partial charge on any atom is -0.493 e. The highest BCUT2D eigenvalue weighted by atomic mass is 127. The van der Waals surface area contributed by atoms with Crippen molar-refractivity contribution in [3.8, 4) is 11.5 Å². The van der Waals surface area contributed by atoms with Crippen molar-refractivity contribution < 1.29 is 14.2 Å². The molecule has 3 rings (SSSR count). The third kappa shape index (κ3) is 5.64. The Morgan fingerprint density at radius 2 is 1.96 bits per heavy atom. The summed E-state index contributed by atoms with van der Waals surface area (Å²) in [4.78, 5) is 6.55. The standard InChI is InChI=1S/C18H27N3O3.HI/c1-22-17-12-14(6-7-16(17)24-15-4-2-3-5-15)13-20-18(19)21-8-10-23-11-9-21;/h6-7,12,15H,2-5,8-11,13H2,1H3,(H2,19,20);1H.